The molecule has 2 aromatic rings. The third kappa shape index (κ3) is 6.53. The Morgan fingerprint density at radius 3 is 2.12 bits per heavy atom. The highest BCUT2D eigenvalue weighted by Crippen LogP contribution is 2.37. The van der Waals surface area contributed by atoms with Gasteiger partial charge in [-0.1, -0.05) is 54.6 Å². The molecule has 2 aliphatic heterocycles. The summed E-state index contributed by atoms with van der Waals surface area (Å²) in [6, 6.07) is 14.6. The van der Waals surface area contributed by atoms with Crippen molar-refractivity contribution in [1.82, 2.24) is 15.1 Å². The molecule has 220 valence electrons. The van der Waals surface area contributed by atoms with Crippen LogP contribution >= 0.6 is 0 Å². The van der Waals surface area contributed by atoms with Crippen LogP contribution < -0.4 is 5.32 Å². The number of amides is 3. The number of piperidine rings is 1. The van der Waals surface area contributed by atoms with Crippen LogP contribution in [0.15, 0.2) is 54.6 Å². The second kappa shape index (κ2) is 11.9. The molecular weight excluding hydrogens is 526 g/mol. The van der Waals surface area contributed by atoms with E-state index < -0.39 is 47.2 Å². The third-order valence-electron chi connectivity index (χ3n) is 7.89. The number of benzene rings is 2. The second-order valence-electron chi connectivity index (χ2n) is 11.9. The van der Waals surface area contributed by atoms with Gasteiger partial charge in [0.05, 0.1) is 18.1 Å². The number of aliphatic hydroxyl groups is 1. The maximum absolute atomic E-state index is 14.0. The van der Waals surface area contributed by atoms with Crippen LogP contribution in [0.3, 0.4) is 0 Å². The van der Waals surface area contributed by atoms with Crippen LogP contribution in [0.25, 0.3) is 0 Å². The minimum atomic E-state index is -1.47. The van der Waals surface area contributed by atoms with Crippen LogP contribution in [-0.4, -0.2) is 80.8 Å². The van der Waals surface area contributed by atoms with Crippen molar-refractivity contribution in [1.29, 1.82) is 0 Å². The minimum absolute atomic E-state index is 0.222. The Morgan fingerprint density at radius 1 is 0.976 bits per heavy atom. The van der Waals surface area contributed by atoms with Crippen molar-refractivity contribution >= 4 is 23.9 Å². The van der Waals surface area contributed by atoms with Gasteiger partial charge in [-0.05, 0) is 57.2 Å². The van der Waals surface area contributed by atoms with E-state index in [1.807, 2.05) is 54.6 Å². The summed E-state index contributed by atoms with van der Waals surface area (Å²) in [6.45, 7) is 7.37. The second-order valence-corrected chi connectivity index (χ2v) is 11.9. The fraction of sp³-hybridized carbons (Fsp3) is 0.484. The van der Waals surface area contributed by atoms with Gasteiger partial charge in [0.1, 0.15) is 11.6 Å². The SMILES string of the molecule is C[C@@H](O)[C@H](NC(=O)C1(c2ccccc2)CCN(C(=O)[C@@H]2Cc3ccccc3CN2C(=O)OC(C)(C)C)CC1)C(=O)O. The Balaban J connectivity index is 1.58. The van der Waals surface area contributed by atoms with Gasteiger partial charge in [0, 0.05) is 19.5 Å². The first-order valence-electron chi connectivity index (χ1n) is 13.9. The average Bonchev–Trinajstić information content (AvgIpc) is 2.94. The van der Waals surface area contributed by atoms with Gasteiger partial charge in [-0.2, -0.15) is 0 Å². The van der Waals surface area contributed by atoms with Gasteiger partial charge >= 0.3 is 12.1 Å². The average molecular weight is 566 g/mol. The maximum atomic E-state index is 14.0. The van der Waals surface area contributed by atoms with Crippen molar-refractivity contribution in [2.45, 2.75) is 82.7 Å². The molecule has 1 fully saturated rings. The summed E-state index contributed by atoms with van der Waals surface area (Å²) in [4.78, 5) is 55.7. The zero-order valence-corrected chi connectivity index (χ0v) is 24.0. The third-order valence-corrected chi connectivity index (χ3v) is 7.89. The van der Waals surface area contributed by atoms with Crippen molar-refractivity contribution in [3.05, 3.63) is 71.3 Å². The number of aliphatic carboxylic acids is 1. The number of hydrogen-bond acceptors (Lipinski definition) is 6. The van der Waals surface area contributed by atoms with Crippen molar-refractivity contribution in [2.75, 3.05) is 13.1 Å². The van der Waals surface area contributed by atoms with Gasteiger partial charge in [-0.15, -0.1) is 0 Å². The first-order chi connectivity index (χ1) is 19.3. The molecule has 41 heavy (non-hydrogen) atoms. The number of carbonyl (C=O) groups excluding carboxylic acids is 3. The zero-order chi connectivity index (χ0) is 29.9. The summed E-state index contributed by atoms with van der Waals surface area (Å²) in [7, 11) is 0. The number of carbonyl (C=O) groups is 4. The number of likely N-dealkylation sites (tertiary alicyclic amines) is 1. The molecule has 0 aromatic heterocycles. The summed E-state index contributed by atoms with van der Waals surface area (Å²) < 4.78 is 5.65. The summed E-state index contributed by atoms with van der Waals surface area (Å²) in [5.41, 5.74) is 0.853. The highest BCUT2D eigenvalue weighted by molar-refractivity contribution is 5.92. The molecular formula is C31H39N3O7. The van der Waals surface area contributed by atoms with E-state index in [0.29, 0.717) is 12.0 Å². The largest absolute Gasteiger partial charge is 0.480 e. The van der Waals surface area contributed by atoms with Crippen LogP contribution in [0, 0.1) is 0 Å². The fourth-order valence-electron chi connectivity index (χ4n) is 5.65. The van der Waals surface area contributed by atoms with E-state index in [9.17, 15) is 29.4 Å². The number of fused-ring (bicyclic) bond motifs is 1. The number of aliphatic hydroxyl groups excluding tert-OH is 1. The number of ether oxygens (including phenoxy) is 1. The summed E-state index contributed by atoms with van der Waals surface area (Å²) in [6.07, 6.45) is -1.01. The number of carboxylic acids is 1. The molecule has 0 spiro atoms. The van der Waals surface area contributed by atoms with Gasteiger partial charge < -0.3 is 25.2 Å². The Hall–Kier alpha value is -3.92. The molecule has 2 aliphatic rings. The Kier molecular flexibility index (Phi) is 8.72. The first-order valence-corrected chi connectivity index (χ1v) is 13.9. The van der Waals surface area contributed by atoms with Crippen molar-refractivity contribution < 1.29 is 34.1 Å². The van der Waals surface area contributed by atoms with Crippen molar-refractivity contribution in [3.63, 3.8) is 0 Å². The molecule has 2 heterocycles. The van der Waals surface area contributed by atoms with Crippen LogP contribution in [0.5, 0.6) is 0 Å². The number of hydrogen-bond donors (Lipinski definition) is 3. The van der Waals surface area contributed by atoms with E-state index in [0.717, 1.165) is 11.1 Å². The monoisotopic (exact) mass is 565 g/mol. The molecule has 0 bridgehead atoms. The fourth-order valence-corrected chi connectivity index (χ4v) is 5.65. The predicted octanol–water partition coefficient (Wildman–Crippen LogP) is 2.86. The lowest BCUT2D eigenvalue weighted by atomic mass is 9.71. The highest BCUT2D eigenvalue weighted by atomic mass is 16.6. The van der Waals surface area contributed by atoms with Gasteiger partial charge in [-0.3, -0.25) is 14.5 Å². The van der Waals surface area contributed by atoms with E-state index in [1.165, 1.54) is 11.8 Å². The van der Waals surface area contributed by atoms with E-state index in [-0.39, 0.29) is 38.4 Å². The lowest BCUT2D eigenvalue weighted by Crippen LogP contribution is -2.60. The van der Waals surface area contributed by atoms with E-state index in [4.69, 9.17) is 4.74 Å². The van der Waals surface area contributed by atoms with Crippen molar-refractivity contribution in [3.8, 4) is 0 Å². The Morgan fingerprint density at radius 2 is 1.56 bits per heavy atom. The zero-order valence-electron chi connectivity index (χ0n) is 24.0. The molecule has 1 saturated heterocycles. The van der Waals surface area contributed by atoms with Gasteiger partial charge in [0.15, 0.2) is 6.04 Å². The van der Waals surface area contributed by atoms with Gasteiger partial charge in [-0.25, -0.2) is 9.59 Å². The molecule has 10 nitrogen and oxygen atoms in total. The summed E-state index contributed by atoms with van der Waals surface area (Å²) >= 11 is 0. The van der Waals surface area contributed by atoms with Crippen LogP contribution in [0.1, 0.15) is 57.2 Å². The van der Waals surface area contributed by atoms with Crippen molar-refractivity contribution in [2.24, 2.45) is 0 Å². The molecule has 0 radical (unpaired) electrons. The molecule has 3 amide bonds. The Labute approximate surface area is 240 Å². The topological polar surface area (TPSA) is 136 Å². The lowest BCUT2D eigenvalue weighted by Gasteiger charge is -2.44. The molecule has 0 aliphatic carbocycles. The smallest absolute Gasteiger partial charge is 0.411 e. The minimum Gasteiger partial charge on any atom is -0.480 e. The molecule has 3 N–H and O–H groups in total. The first kappa shape index (κ1) is 30.0. The van der Waals surface area contributed by atoms with Gasteiger partial charge in [0.2, 0.25) is 11.8 Å². The number of carboxylic acid groups (broad SMARTS) is 1. The molecule has 4 rings (SSSR count). The quantitative estimate of drug-likeness (QED) is 0.490. The molecule has 2 aromatic carbocycles. The van der Waals surface area contributed by atoms with Crippen LogP contribution in [0.4, 0.5) is 4.79 Å². The van der Waals surface area contributed by atoms with Gasteiger partial charge in [0.25, 0.3) is 0 Å². The lowest BCUT2D eigenvalue weighted by molar-refractivity contribution is -0.147. The van der Waals surface area contributed by atoms with Crippen LogP contribution in [0.2, 0.25) is 0 Å². The molecule has 0 saturated carbocycles. The number of rotatable bonds is 6. The molecule has 0 unspecified atom stereocenters. The number of nitrogens with one attached hydrogen (secondary N) is 1. The standard InChI is InChI=1S/C31H39N3O7/c1-20(35)25(27(37)38)32-28(39)31(23-12-6-5-7-13-23)14-16-33(17-15-31)26(36)24-18-21-10-8-9-11-22(21)19-34(24)29(40)41-30(2,3)4/h5-13,20,24-25,35H,14-19H2,1-4H3,(H,32,39)(H,37,38)/t20-,24+,25+/m1/s1. The molecule has 3 atom stereocenters. The summed E-state index contributed by atoms with van der Waals surface area (Å²) in [5, 5.41) is 22.0. The Bertz CT molecular complexity index is 1280. The normalized spacial score (nSPS) is 19.9. The highest BCUT2D eigenvalue weighted by Gasteiger charge is 2.47. The molecule has 10 heteroatoms. The van der Waals surface area contributed by atoms with Crippen LogP contribution in [-0.2, 0) is 37.5 Å². The summed E-state index contributed by atoms with van der Waals surface area (Å²) in [5.74, 6) is -2.06. The van der Waals surface area contributed by atoms with E-state index in [1.54, 1.807) is 25.7 Å². The predicted molar refractivity (Wildman–Crippen MR) is 151 cm³/mol. The maximum Gasteiger partial charge on any atom is 0.411 e. The van der Waals surface area contributed by atoms with E-state index >= 15 is 0 Å². The van der Waals surface area contributed by atoms with E-state index in [2.05, 4.69) is 5.32 Å². The number of nitrogens with zero attached hydrogens (tertiary/aromatic N) is 2.